The second-order valence-corrected chi connectivity index (χ2v) is 3.76. The summed E-state index contributed by atoms with van der Waals surface area (Å²) in [5, 5.41) is 0. The standard InChI is InChI=1S/C10H12O/c1-6(2)10-5-8(10)7(3)4-9(10)11/h4,8H,1,5H2,2-3H3. The Kier molecular flexibility index (Phi) is 1.03. The minimum Gasteiger partial charge on any atom is -0.294 e. The summed E-state index contributed by atoms with van der Waals surface area (Å²) >= 11 is 0. The monoisotopic (exact) mass is 148 g/mol. The summed E-state index contributed by atoms with van der Waals surface area (Å²) < 4.78 is 0. The largest absolute Gasteiger partial charge is 0.294 e. The molecule has 2 rings (SSSR count). The van der Waals surface area contributed by atoms with Crippen molar-refractivity contribution in [2.24, 2.45) is 11.3 Å². The molecule has 2 aliphatic rings. The van der Waals surface area contributed by atoms with Gasteiger partial charge in [0.2, 0.25) is 0 Å². The normalized spacial score (nSPS) is 40.0. The van der Waals surface area contributed by atoms with Crippen LogP contribution in [-0.4, -0.2) is 5.78 Å². The first-order chi connectivity index (χ1) is 5.09. The SMILES string of the molecule is C=C(C)C12CC1C(C)=CC2=O. The van der Waals surface area contributed by atoms with Gasteiger partial charge in [0.25, 0.3) is 0 Å². The molecule has 0 N–H and O–H groups in total. The van der Waals surface area contributed by atoms with Crippen molar-refractivity contribution in [1.82, 2.24) is 0 Å². The molecule has 0 aliphatic heterocycles. The zero-order chi connectivity index (χ0) is 8.22. The van der Waals surface area contributed by atoms with Crippen molar-refractivity contribution in [3.8, 4) is 0 Å². The summed E-state index contributed by atoms with van der Waals surface area (Å²) in [7, 11) is 0. The van der Waals surface area contributed by atoms with E-state index >= 15 is 0 Å². The van der Waals surface area contributed by atoms with E-state index < -0.39 is 0 Å². The molecule has 0 bridgehead atoms. The molecule has 2 aliphatic carbocycles. The van der Waals surface area contributed by atoms with Crippen LogP contribution in [0.5, 0.6) is 0 Å². The number of allylic oxidation sites excluding steroid dienone is 3. The maximum absolute atomic E-state index is 11.5. The Labute approximate surface area is 66.8 Å². The first-order valence-corrected chi connectivity index (χ1v) is 3.97. The van der Waals surface area contributed by atoms with Crippen LogP contribution in [-0.2, 0) is 4.79 Å². The van der Waals surface area contributed by atoms with Gasteiger partial charge < -0.3 is 0 Å². The molecule has 1 nitrogen and oxygen atoms in total. The molecule has 0 amide bonds. The summed E-state index contributed by atoms with van der Waals surface area (Å²) in [5.41, 5.74) is 2.16. The summed E-state index contributed by atoms with van der Waals surface area (Å²) in [6, 6.07) is 0. The van der Waals surface area contributed by atoms with Crippen LogP contribution in [0, 0.1) is 11.3 Å². The van der Waals surface area contributed by atoms with Gasteiger partial charge >= 0.3 is 0 Å². The van der Waals surface area contributed by atoms with Crippen molar-refractivity contribution in [3.05, 3.63) is 23.8 Å². The van der Waals surface area contributed by atoms with E-state index in [1.165, 1.54) is 5.57 Å². The third-order valence-electron chi connectivity index (χ3n) is 3.07. The minimum atomic E-state index is -0.135. The van der Waals surface area contributed by atoms with Gasteiger partial charge in [0.1, 0.15) is 0 Å². The minimum absolute atomic E-state index is 0.135. The first-order valence-electron chi connectivity index (χ1n) is 3.97. The molecule has 58 valence electrons. The predicted octanol–water partition coefficient (Wildman–Crippen LogP) is 2.10. The van der Waals surface area contributed by atoms with Gasteiger partial charge in [0, 0.05) is 0 Å². The lowest BCUT2D eigenvalue weighted by molar-refractivity contribution is -0.117. The molecule has 2 unspecified atom stereocenters. The Morgan fingerprint density at radius 2 is 2.45 bits per heavy atom. The fourth-order valence-corrected chi connectivity index (χ4v) is 2.20. The number of fused-ring (bicyclic) bond motifs is 1. The van der Waals surface area contributed by atoms with Crippen LogP contribution < -0.4 is 0 Å². The van der Waals surface area contributed by atoms with Crippen LogP contribution in [0.4, 0.5) is 0 Å². The molecule has 1 saturated carbocycles. The first kappa shape index (κ1) is 6.84. The van der Waals surface area contributed by atoms with Gasteiger partial charge in [-0.25, -0.2) is 0 Å². The number of hydrogen-bond acceptors (Lipinski definition) is 1. The van der Waals surface area contributed by atoms with Gasteiger partial charge in [-0.2, -0.15) is 0 Å². The Bertz CT molecular complexity index is 285. The molecule has 1 fully saturated rings. The van der Waals surface area contributed by atoms with Gasteiger partial charge in [-0.05, 0) is 32.3 Å². The molecule has 0 aromatic heterocycles. The molecular formula is C10H12O. The average Bonchev–Trinajstić information content (AvgIpc) is 2.56. The highest BCUT2D eigenvalue weighted by Crippen LogP contribution is 2.64. The lowest BCUT2D eigenvalue weighted by atomic mass is 9.94. The molecule has 0 aromatic carbocycles. The van der Waals surface area contributed by atoms with E-state index in [4.69, 9.17) is 0 Å². The van der Waals surface area contributed by atoms with Crippen molar-refractivity contribution in [2.75, 3.05) is 0 Å². The Hall–Kier alpha value is -0.850. The summed E-state index contributed by atoms with van der Waals surface area (Å²) in [4.78, 5) is 11.5. The van der Waals surface area contributed by atoms with E-state index in [1.807, 2.05) is 13.8 Å². The van der Waals surface area contributed by atoms with E-state index in [-0.39, 0.29) is 11.2 Å². The summed E-state index contributed by atoms with van der Waals surface area (Å²) in [5.74, 6) is 0.792. The predicted molar refractivity (Wildman–Crippen MR) is 44.1 cm³/mol. The summed E-state index contributed by atoms with van der Waals surface area (Å²) in [6.07, 6.45) is 2.80. The lowest BCUT2D eigenvalue weighted by Gasteiger charge is -2.07. The van der Waals surface area contributed by atoms with Crippen molar-refractivity contribution in [3.63, 3.8) is 0 Å². The van der Waals surface area contributed by atoms with Gasteiger partial charge in [-0.15, -0.1) is 0 Å². The van der Waals surface area contributed by atoms with Crippen molar-refractivity contribution in [2.45, 2.75) is 20.3 Å². The number of carbonyl (C=O) groups excluding carboxylic acids is 1. The third kappa shape index (κ3) is 0.590. The third-order valence-corrected chi connectivity index (χ3v) is 3.07. The Morgan fingerprint density at radius 3 is 2.64 bits per heavy atom. The topological polar surface area (TPSA) is 17.1 Å². The van der Waals surface area contributed by atoms with Gasteiger partial charge in [0.05, 0.1) is 5.41 Å². The molecule has 0 spiro atoms. The molecule has 0 radical (unpaired) electrons. The summed E-state index contributed by atoms with van der Waals surface area (Å²) in [6.45, 7) is 7.89. The van der Waals surface area contributed by atoms with Crippen molar-refractivity contribution >= 4 is 5.78 Å². The van der Waals surface area contributed by atoms with Gasteiger partial charge in [0.15, 0.2) is 5.78 Å². The molecular weight excluding hydrogens is 136 g/mol. The van der Waals surface area contributed by atoms with Crippen LogP contribution in [0.2, 0.25) is 0 Å². The molecule has 11 heavy (non-hydrogen) atoms. The van der Waals surface area contributed by atoms with Gasteiger partial charge in [-0.3, -0.25) is 4.79 Å². The lowest BCUT2D eigenvalue weighted by Crippen LogP contribution is -2.12. The van der Waals surface area contributed by atoms with Crippen LogP contribution >= 0.6 is 0 Å². The van der Waals surface area contributed by atoms with E-state index in [1.54, 1.807) is 6.08 Å². The van der Waals surface area contributed by atoms with E-state index in [9.17, 15) is 4.79 Å². The molecule has 2 atom stereocenters. The second kappa shape index (κ2) is 1.66. The Morgan fingerprint density at radius 1 is 1.82 bits per heavy atom. The quantitative estimate of drug-likeness (QED) is 0.520. The maximum atomic E-state index is 11.5. The Balaban J connectivity index is 2.40. The van der Waals surface area contributed by atoms with Crippen LogP contribution in [0.15, 0.2) is 23.8 Å². The molecule has 0 saturated heterocycles. The fourth-order valence-electron chi connectivity index (χ4n) is 2.20. The average molecular weight is 148 g/mol. The molecule has 0 aromatic rings. The molecule has 1 heteroatoms. The zero-order valence-corrected chi connectivity index (χ0v) is 6.98. The zero-order valence-electron chi connectivity index (χ0n) is 6.98. The van der Waals surface area contributed by atoms with E-state index in [0.717, 1.165) is 12.0 Å². The van der Waals surface area contributed by atoms with Crippen LogP contribution in [0.1, 0.15) is 20.3 Å². The molecule has 0 heterocycles. The fraction of sp³-hybridized carbons (Fsp3) is 0.500. The van der Waals surface area contributed by atoms with E-state index in [0.29, 0.717) is 5.92 Å². The number of hydrogen-bond donors (Lipinski definition) is 0. The smallest absolute Gasteiger partial charge is 0.166 e. The highest BCUT2D eigenvalue weighted by atomic mass is 16.1. The van der Waals surface area contributed by atoms with Crippen LogP contribution in [0.3, 0.4) is 0 Å². The van der Waals surface area contributed by atoms with Crippen LogP contribution in [0.25, 0.3) is 0 Å². The second-order valence-electron chi connectivity index (χ2n) is 3.76. The van der Waals surface area contributed by atoms with Gasteiger partial charge in [-0.1, -0.05) is 17.7 Å². The number of carbonyl (C=O) groups is 1. The highest BCUT2D eigenvalue weighted by molar-refractivity contribution is 6.04. The van der Waals surface area contributed by atoms with Crippen molar-refractivity contribution < 1.29 is 4.79 Å². The highest BCUT2D eigenvalue weighted by Gasteiger charge is 2.63. The van der Waals surface area contributed by atoms with Crippen molar-refractivity contribution in [1.29, 1.82) is 0 Å². The number of rotatable bonds is 1. The maximum Gasteiger partial charge on any atom is 0.166 e. The van der Waals surface area contributed by atoms with E-state index in [2.05, 4.69) is 6.58 Å². The number of ketones is 1.